The van der Waals surface area contributed by atoms with Gasteiger partial charge in [-0.1, -0.05) is 24.3 Å². The molecule has 2 aromatic carbocycles. The molecule has 1 N–H and O–H groups in total. The minimum atomic E-state index is -0.766. The van der Waals surface area contributed by atoms with Gasteiger partial charge in [0.15, 0.2) is 0 Å². The molecule has 0 fully saturated rings. The molecule has 120 valence electrons. The number of carbonyl (C=O) groups excluding carboxylic acids is 1. The van der Waals surface area contributed by atoms with E-state index in [-0.39, 0.29) is 12.1 Å². The van der Waals surface area contributed by atoms with Crippen LogP contribution in [0.5, 0.6) is 0 Å². The van der Waals surface area contributed by atoms with Crippen LogP contribution in [0.25, 0.3) is 0 Å². The summed E-state index contributed by atoms with van der Waals surface area (Å²) in [5.74, 6) is -1.93. The van der Waals surface area contributed by atoms with E-state index in [9.17, 15) is 13.6 Å². The van der Waals surface area contributed by atoms with Gasteiger partial charge in [-0.25, -0.2) is 8.78 Å². The Morgan fingerprint density at radius 3 is 2.61 bits per heavy atom. The summed E-state index contributed by atoms with van der Waals surface area (Å²) in [6, 6.07) is 11.9. The molecule has 1 heterocycles. The number of benzene rings is 2. The molecular formula is C18H18F2N2O. The second-order valence-corrected chi connectivity index (χ2v) is 5.77. The molecule has 0 saturated heterocycles. The lowest BCUT2D eigenvalue weighted by Crippen LogP contribution is -2.32. The maximum atomic E-state index is 13.5. The van der Waals surface area contributed by atoms with E-state index in [1.165, 1.54) is 11.6 Å². The average Bonchev–Trinajstić information content (AvgIpc) is 2.84. The number of fused-ring (bicyclic) bond motifs is 1. The summed E-state index contributed by atoms with van der Waals surface area (Å²) in [6.45, 7) is 2.62. The van der Waals surface area contributed by atoms with Crippen LogP contribution in [0.2, 0.25) is 0 Å². The monoisotopic (exact) mass is 316 g/mol. The van der Waals surface area contributed by atoms with E-state index in [1.807, 2.05) is 18.2 Å². The smallest absolute Gasteiger partial charge is 0.226 e. The lowest BCUT2D eigenvalue weighted by Gasteiger charge is -2.24. The van der Waals surface area contributed by atoms with Crippen LogP contribution in [0, 0.1) is 11.6 Å². The Hall–Kier alpha value is -2.43. The Balaban J connectivity index is 1.64. The fourth-order valence-corrected chi connectivity index (χ4v) is 3.01. The highest BCUT2D eigenvalue weighted by atomic mass is 19.1. The van der Waals surface area contributed by atoms with Gasteiger partial charge in [-0.05, 0) is 37.1 Å². The fraction of sp³-hybridized carbons (Fsp3) is 0.278. The third-order valence-electron chi connectivity index (χ3n) is 4.16. The zero-order valence-corrected chi connectivity index (χ0v) is 12.9. The van der Waals surface area contributed by atoms with Crippen molar-refractivity contribution in [3.8, 4) is 0 Å². The first-order valence-electron chi connectivity index (χ1n) is 7.64. The quantitative estimate of drug-likeness (QED) is 0.932. The van der Waals surface area contributed by atoms with E-state index in [2.05, 4.69) is 23.2 Å². The van der Waals surface area contributed by atoms with Crippen molar-refractivity contribution in [3.63, 3.8) is 0 Å². The number of hydrogen-bond acceptors (Lipinski definition) is 2. The SMILES string of the molecule is CC1Cc2ccccc2N1CCC(=O)Nc1c(F)cccc1F. The number of para-hydroxylation sites is 2. The Labute approximate surface area is 133 Å². The first-order valence-corrected chi connectivity index (χ1v) is 7.64. The van der Waals surface area contributed by atoms with Crippen LogP contribution in [-0.4, -0.2) is 18.5 Å². The van der Waals surface area contributed by atoms with Gasteiger partial charge in [0, 0.05) is 24.7 Å². The van der Waals surface area contributed by atoms with E-state index >= 15 is 0 Å². The number of anilines is 2. The standard InChI is InChI=1S/C18H18F2N2O/c1-12-11-13-5-2-3-8-16(13)22(12)10-9-17(23)21-18-14(19)6-4-7-15(18)20/h2-8,12H,9-11H2,1H3,(H,21,23). The van der Waals surface area contributed by atoms with E-state index in [1.54, 1.807) is 0 Å². The highest BCUT2D eigenvalue weighted by molar-refractivity contribution is 5.91. The van der Waals surface area contributed by atoms with Gasteiger partial charge in [-0.3, -0.25) is 4.79 Å². The number of halogens is 2. The van der Waals surface area contributed by atoms with Gasteiger partial charge >= 0.3 is 0 Å². The van der Waals surface area contributed by atoms with Crippen LogP contribution < -0.4 is 10.2 Å². The molecule has 1 atom stereocenters. The molecule has 0 spiro atoms. The number of rotatable bonds is 4. The van der Waals surface area contributed by atoms with Crippen molar-refractivity contribution in [1.82, 2.24) is 0 Å². The van der Waals surface area contributed by atoms with Crippen molar-refractivity contribution >= 4 is 17.3 Å². The number of hydrogen-bond donors (Lipinski definition) is 1. The van der Waals surface area contributed by atoms with Crippen molar-refractivity contribution in [2.24, 2.45) is 0 Å². The van der Waals surface area contributed by atoms with E-state index < -0.39 is 17.5 Å². The molecule has 1 aliphatic heterocycles. The predicted molar refractivity (Wildman–Crippen MR) is 86.6 cm³/mol. The molecular weight excluding hydrogens is 298 g/mol. The van der Waals surface area contributed by atoms with Crippen LogP contribution >= 0.6 is 0 Å². The highest BCUT2D eigenvalue weighted by Gasteiger charge is 2.25. The van der Waals surface area contributed by atoms with E-state index in [4.69, 9.17) is 0 Å². The van der Waals surface area contributed by atoms with Gasteiger partial charge in [-0.2, -0.15) is 0 Å². The summed E-state index contributed by atoms with van der Waals surface area (Å²) < 4.78 is 27.1. The second kappa shape index (κ2) is 6.36. The second-order valence-electron chi connectivity index (χ2n) is 5.77. The number of carbonyl (C=O) groups is 1. The Morgan fingerprint density at radius 1 is 1.17 bits per heavy atom. The molecule has 1 amide bonds. The first kappa shape index (κ1) is 15.5. The molecule has 0 bridgehead atoms. The Kier molecular flexibility index (Phi) is 4.28. The molecule has 0 aromatic heterocycles. The third kappa shape index (κ3) is 3.18. The third-order valence-corrected chi connectivity index (χ3v) is 4.16. The molecule has 1 unspecified atom stereocenters. The summed E-state index contributed by atoms with van der Waals surface area (Å²) in [6.07, 6.45) is 1.12. The van der Waals surface area contributed by atoms with Gasteiger partial charge in [0.25, 0.3) is 0 Å². The normalized spacial score (nSPS) is 16.3. The van der Waals surface area contributed by atoms with Crippen molar-refractivity contribution < 1.29 is 13.6 Å². The topological polar surface area (TPSA) is 32.3 Å². The first-order chi connectivity index (χ1) is 11.1. The molecule has 3 rings (SSSR count). The maximum absolute atomic E-state index is 13.5. The summed E-state index contributed by atoms with van der Waals surface area (Å²) in [7, 11) is 0. The van der Waals surface area contributed by atoms with Crippen LogP contribution in [0.15, 0.2) is 42.5 Å². The minimum absolute atomic E-state index is 0.173. The van der Waals surface area contributed by atoms with E-state index in [0.29, 0.717) is 12.6 Å². The molecule has 0 radical (unpaired) electrons. The largest absolute Gasteiger partial charge is 0.368 e. The number of amides is 1. The molecule has 5 heteroatoms. The molecule has 0 saturated carbocycles. The van der Waals surface area contributed by atoms with Crippen LogP contribution in [0.3, 0.4) is 0 Å². The zero-order chi connectivity index (χ0) is 16.4. The van der Waals surface area contributed by atoms with Crippen molar-refractivity contribution in [2.45, 2.75) is 25.8 Å². The van der Waals surface area contributed by atoms with Crippen LogP contribution in [0.1, 0.15) is 18.9 Å². The Bertz CT molecular complexity index is 712. The molecule has 23 heavy (non-hydrogen) atoms. The lowest BCUT2D eigenvalue weighted by atomic mass is 10.1. The summed E-state index contributed by atoms with van der Waals surface area (Å²) in [4.78, 5) is 14.2. The van der Waals surface area contributed by atoms with Crippen molar-refractivity contribution in [2.75, 3.05) is 16.8 Å². The van der Waals surface area contributed by atoms with Gasteiger partial charge in [0.05, 0.1) is 0 Å². The molecule has 2 aromatic rings. The molecule has 0 aliphatic carbocycles. The van der Waals surface area contributed by atoms with Gasteiger partial charge in [-0.15, -0.1) is 0 Å². The summed E-state index contributed by atoms with van der Waals surface area (Å²) >= 11 is 0. The summed E-state index contributed by atoms with van der Waals surface area (Å²) in [5.41, 5.74) is 2.01. The van der Waals surface area contributed by atoms with Gasteiger partial charge in [0.1, 0.15) is 17.3 Å². The highest BCUT2D eigenvalue weighted by Crippen LogP contribution is 2.31. The number of nitrogens with one attached hydrogen (secondary N) is 1. The number of nitrogens with zero attached hydrogens (tertiary/aromatic N) is 1. The minimum Gasteiger partial charge on any atom is -0.368 e. The van der Waals surface area contributed by atoms with Crippen molar-refractivity contribution in [1.29, 1.82) is 0 Å². The van der Waals surface area contributed by atoms with Gasteiger partial charge < -0.3 is 10.2 Å². The average molecular weight is 316 g/mol. The zero-order valence-electron chi connectivity index (χ0n) is 12.9. The molecule has 1 aliphatic rings. The van der Waals surface area contributed by atoms with Crippen LogP contribution in [-0.2, 0) is 11.2 Å². The van der Waals surface area contributed by atoms with Crippen LogP contribution in [0.4, 0.5) is 20.2 Å². The lowest BCUT2D eigenvalue weighted by molar-refractivity contribution is -0.116. The Morgan fingerprint density at radius 2 is 1.87 bits per heavy atom. The fourth-order valence-electron chi connectivity index (χ4n) is 3.01. The van der Waals surface area contributed by atoms with Crippen molar-refractivity contribution in [3.05, 3.63) is 59.7 Å². The molecule has 3 nitrogen and oxygen atoms in total. The summed E-state index contributed by atoms with van der Waals surface area (Å²) in [5, 5.41) is 2.33. The predicted octanol–water partition coefficient (Wildman–Crippen LogP) is 3.74. The van der Waals surface area contributed by atoms with Gasteiger partial charge in [0.2, 0.25) is 5.91 Å². The van der Waals surface area contributed by atoms with E-state index in [0.717, 1.165) is 24.2 Å². The maximum Gasteiger partial charge on any atom is 0.226 e.